The molecule has 0 aliphatic heterocycles. The number of aromatic nitrogens is 1. The van der Waals surface area contributed by atoms with Crippen molar-refractivity contribution in [1.29, 1.82) is 0 Å². The molecule has 5 nitrogen and oxygen atoms in total. The summed E-state index contributed by atoms with van der Waals surface area (Å²) in [5, 5.41) is 6.07. The second-order valence-corrected chi connectivity index (χ2v) is 7.33. The predicted octanol–water partition coefficient (Wildman–Crippen LogP) is 4.86. The molecular formula is C22H21BrN4O. The fraction of sp³-hybridized carbons (Fsp3) is 0.136. The Morgan fingerprint density at radius 2 is 1.93 bits per heavy atom. The van der Waals surface area contributed by atoms with Crippen LogP contribution in [0.5, 0.6) is 0 Å². The summed E-state index contributed by atoms with van der Waals surface area (Å²) in [5.41, 5.74) is 4.58. The molecule has 6 heteroatoms. The molecule has 0 unspecified atom stereocenters. The van der Waals surface area contributed by atoms with Crippen molar-refractivity contribution in [3.8, 4) is 0 Å². The summed E-state index contributed by atoms with van der Waals surface area (Å²) in [6.45, 7) is 4.41. The van der Waals surface area contributed by atoms with Crippen molar-refractivity contribution in [2.24, 2.45) is 4.99 Å². The van der Waals surface area contributed by atoms with Crippen LogP contribution in [0.25, 0.3) is 0 Å². The Hall–Kier alpha value is -2.99. The lowest BCUT2D eigenvalue weighted by molar-refractivity contribution is 0.0977. The van der Waals surface area contributed by atoms with Crippen LogP contribution in [0.3, 0.4) is 0 Å². The highest BCUT2D eigenvalue weighted by molar-refractivity contribution is 9.10. The van der Waals surface area contributed by atoms with E-state index >= 15 is 0 Å². The number of nitrogens with zero attached hydrogens (tertiary/aromatic N) is 2. The molecule has 1 heterocycles. The number of anilines is 1. The molecule has 0 atom stereocenters. The number of aliphatic imine (C=N–C) groups is 1. The van der Waals surface area contributed by atoms with Gasteiger partial charge in [-0.15, -0.1) is 0 Å². The van der Waals surface area contributed by atoms with Gasteiger partial charge in [-0.05, 0) is 66.9 Å². The molecule has 3 rings (SSSR count). The Balaban J connectivity index is 1.82. The molecule has 0 aliphatic carbocycles. The van der Waals surface area contributed by atoms with E-state index in [1.54, 1.807) is 12.4 Å². The summed E-state index contributed by atoms with van der Waals surface area (Å²) >= 11 is 3.45. The predicted molar refractivity (Wildman–Crippen MR) is 117 cm³/mol. The number of carbonyl (C=O) groups is 1. The summed E-state index contributed by atoms with van der Waals surface area (Å²) < 4.78 is 0.935. The van der Waals surface area contributed by atoms with Crippen molar-refractivity contribution in [2.45, 2.75) is 20.4 Å². The van der Waals surface area contributed by atoms with Gasteiger partial charge in [-0.2, -0.15) is 0 Å². The summed E-state index contributed by atoms with van der Waals surface area (Å²) in [6.07, 6.45) is 3.47. The monoisotopic (exact) mass is 436 g/mol. The highest BCUT2D eigenvalue weighted by Gasteiger charge is 2.10. The fourth-order valence-corrected chi connectivity index (χ4v) is 2.94. The van der Waals surface area contributed by atoms with Gasteiger partial charge in [-0.1, -0.05) is 34.1 Å². The third-order valence-corrected chi connectivity index (χ3v) is 4.72. The van der Waals surface area contributed by atoms with Gasteiger partial charge in [-0.3, -0.25) is 15.1 Å². The first-order valence-electron chi connectivity index (χ1n) is 8.86. The smallest absolute Gasteiger partial charge is 0.257 e. The molecule has 2 aromatic carbocycles. The minimum Gasteiger partial charge on any atom is -0.326 e. The maximum absolute atomic E-state index is 12.7. The zero-order valence-electron chi connectivity index (χ0n) is 15.7. The minimum atomic E-state index is -0.212. The van der Waals surface area contributed by atoms with E-state index in [0.717, 1.165) is 26.9 Å². The Kier molecular flexibility index (Phi) is 6.55. The largest absolute Gasteiger partial charge is 0.326 e. The van der Waals surface area contributed by atoms with Crippen molar-refractivity contribution in [2.75, 3.05) is 5.32 Å². The van der Waals surface area contributed by atoms with Gasteiger partial charge in [0.2, 0.25) is 5.96 Å². The topological polar surface area (TPSA) is 66.4 Å². The lowest BCUT2D eigenvalue weighted by atomic mass is 10.1. The average molecular weight is 437 g/mol. The molecule has 1 aromatic heterocycles. The van der Waals surface area contributed by atoms with Crippen LogP contribution < -0.4 is 10.6 Å². The van der Waals surface area contributed by atoms with E-state index in [1.807, 2.05) is 68.4 Å². The minimum absolute atomic E-state index is 0.212. The van der Waals surface area contributed by atoms with Crippen LogP contribution in [0.2, 0.25) is 0 Å². The number of hydrogen-bond acceptors (Lipinski definition) is 3. The van der Waals surface area contributed by atoms with Crippen molar-refractivity contribution in [1.82, 2.24) is 10.3 Å². The molecule has 0 aliphatic rings. The number of carbonyl (C=O) groups excluding carboxylic acids is 1. The standard InChI is InChI=1S/C22H21BrN4O/c1-15-8-9-18(11-16(15)2)21(28)27-22(25-14-17-5-4-10-24-13-17)26-20-7-3-6-19(23)12-20/h3-13H,14H2,1-2H3,(H2,25,26,27,28). The van der Waals surface area contributed by atoms with Crippen LogP contribution in [0.1, 0.15) is 27.0 Å². The third kappa shape index (κ3) is 5.50. The van der Waals surface area contributed by atoms with E-state index in [9.17, 15) is 4.79 Å². The molecule has 0 spiro atoms. The lowest BCUT2D eigenvalue weighted by Gasteiger charge is -2.13. The molecule has 3 aromatic rings. The first-order valence-corrected chi connectivity index (χ1v) is 9.65. The van der Waals surface area contributed by atoms with E-state index in [0.29, 0.717) is 18.1 Å². The zero-order valence-corrected chi connectivity index (χ0v) is 17.3. The normalized spacial score (nSPS) is 11.2. The van der Waals surface area contributed by atoms with E-state index < -0.39 is 0 Å². The summed E-state index contributed by atoms with van der Waals surface area (Å²) in [6, 6.07) is 17.1. The summed E-state index contributed by atoms with van der Waals surface area (Å²) in [7, 11) is 0. The molecule has 28 heavy (non-hydrogen) atoms. The quantitative estimate of drug-likeness (QED) is 0.453. The molecule has 0 radical (unpaired) electrons. The fourth-order valence-electron chi connectivity index (χ4n) is 2.54. The number of benzene rings is 2. The van der Waals surface area contributed by atoms with Crippen molar-refractivity contribution in [3.05, 3.63) is 93.7 Å². The molecule has 1 amide bonds. The van der Waals surface area contributed by atoms with Crippen LogP contribution in [0.15, 0.2) is 76.5 Å². The van der Waals surface area contributed by atoms with Gasteiger partial charge in [0.25, 0.3) is 5.91 Å². The molecule has 2 N–H and O–H groups in total. The van der Waals surface area contributed by atoms with Gasteiger partial charge in [0.15, 0.2) is 0 Å². The van der Waals surface area contributed by atoms with Crippen LogP contribution >= 0.6 is 15.9 Å². The molecule has 0 saturated heterocycles. The first-order chi connectivity index (χ1) is 13.5. The molecule has 142 valence electrons. The van der Waals surface area contributed by atoms with Gasteiger partial charge in [0.05, 0.1) is 6.54 Å². The number of pyridine rings is 1. The van der Waals surface area contributed by atoms with E-state index in [4.69, 9.17) is 0 Å². The van der Waals surface area contributed by atoms with Crippen molar-refractivity contribution in [3.63, 3.8) is 0 Å². The van der Waals surface area contributed by atoms with Crippen LogP contribution in [0, 0.1) is 13.8 Å². The first kappa shape index (κ1) is 19.8. The molecule has 0 fully saturated rings. The van der Waals surface area contributed by atoms with E-state index in [1.165, 1.54) is 0 Å². The summed E-state index contributed by atoms with van der Waals surface area (Å²) in [4.78, 5) is 21.4. The Morgan fingerprint density at radius 1 is 1.07 bits per heavy atom. The Labute approximate surface area is 173 Å². The SMILES string of the molecule is Cc1ccc(C(=O)NC(=NCc2cccnc2)Nc2cccc(Br)c2)cc1C. The van der Waals surface area contributed by atoms with Crippen LogP contribution in [-0.2, 0) is 6.54 Å². The van der Waals surface area contributed by atoms with Crippen LogP contribution in [0.4, 0.5) is 5.69 Å². The zero-order chi connectivity index (χ0) is 19.9. The Morgan fingerprint density at radius 3 is 2.64 bits per heavy atom. The molecule has 0 bridgehead atoms. The number of amides is 1. The van der Waals surface area contributed by atoms with Gasteiger partial charge < -0.3 is 5.32 Å². The van der Waals surface area contributed by atoms with Crippen LogP contribution in [-0.4, -0.2) is 16.9 Å². The van der Waals surface area contributed by atoms with E-state index in [-0.39, 0.29) is 5.91 Å². The number of rotatable bonds is 4. The number of guanidine groups is 1. The maximum Gasteiger partial charge on any atom is 0.257 e. The van der Waals surface area contributed by atoms with E-state index in [2.05, 4.69) is 36.5 Å². The van der Waals surface area contributed by atoms with Gasteiger partial charge >= 0.3 is 0 Å². The number of aryl methyl sites for hydroxylation is 2. The van der Waals surface area contributed by atoms with Gasteiger partial charge in [0, 0.05) is 28.1 Å². The number of hydrogen-bond donors (Lipinski definition) is 2. The summed E-state index contributed by atoms with van der Waals surface area (Å²) in [5.74, 6) is 0.167. The van der Waals surface area contributed by atoms with Crippen molar-refractivity contribution >= 4 is 33.5 Å². The number of nitrogens with one attached hydrogen (secondary N) is 2. The molecular weight excluding hydrogens is 416 g/mol. The lowest BCUT2D eigenvalue weighted by Crippen LogP contribution is -2.36. The number of halogens is 1. The second-order valence-electron chi connectivity index (χ2n) is 6.41. The highest BCUT2D eigenvalue weighted by atomic mass is 79.9. The third-order valence-electron chi connectivity index (χ3n) is 4.23. The molecule has 0 saturated carbocycles. The maximum atomic E-state index is 12.7. The second kappa shape index (κ2) is 9.28. The van der Waals surface area contributed by atoms with Gasteiger partial charge in [-0.25, -0.2) is 4.99 Å². The average Bonchev–Trinajstić information content (AvgIpc) is 2.69. The highest BCUT2D eigenvalue weighted by Crippen LogP contribution is 2.16. The van der Waals surface area contributed by atoms with Gasteiger partial charge in [0.1, 0.15) is 0 Å². The Bertz CT molecular complexity index is 1000. The van der Waals surface area contributed by atoms with Crippen molar-refractivity contribution < 1.29 is 4.79 Å².